The molecule has 0 bridgehead atoms. The molecule has 0 aromatic heterocycles. The Balaban J connectivity index is 1.64. The number of nitrogens with zero attached hydrogens (tertiary/aromatic N) is 1. The number of hydrogen-bond donors (Lipinski definition) is 1. The van der Waals surface area contributed by atoms with E-state index in [1.807, 2.05) is 0 Å². The Morgan fingerprint density at radius 1 is 0.946 bits per heavy atom. The van der Waals surface area contributed by atoms with Gasteiger partial charge in [0.15, 0.2) is 0 Å². The highest BCUT2D eigenvalue weighted by atomic mass is 79.9. The smallest absolute Gasteiger partial charge is 0.259 e. The van der Waals surface area contributed by atoms with E-state index in [0.717, 1.165) is 0 Å². The van der Waals surface area contributed by atoms with Crippen LogP contribution in [-0.4, -0.2) is 20.2 Å². The largest absolute Gasteiger partial charge is 0.319 e. The Kier molecular flexibility index (Phi) is 6.61. The van der Waals surface area contributed by atoms with Crippen LogP contribution in [0.5, 0.6) is 0 Å². The summed E-state index contributed by atoms with van der Waals surface area (Å²) >= 11 is 9.31. The van der Waals surface area contributed by atoms with Crippen molar-refractivity contribution in [2.75, 3.05) is 10.2 Å². The lowest BCUT2D eigenvalue weighted by Gasteiger charge is -2.23. The molecule has 0 radical (unpaired) electrons. The third kappa shape index (κ3) is 4.77. The van der Waals surface area contributed by atoms with Crippen molar-refractivity contribution in [3.05, 3.63) is 117 Å². The molecule has 2 amide bonds. The number of carbonyl (C=O) groups is 2. The molecule has 5 rings (SSSR count). The van der Waals surface area contributed by atoms with Crippen LogP contribution < -0.4 is 10.2 Å². The monoisotopic (exact) mass is 598 g/mol. The number of fused-ring (bicyclic) bond motifs is 2. The zero-order chi connectivity index (χ0) is 26.3. The fraction of sp³-hybridized carbons (Fsp3) is 0.0370. The van der Waals surface area contributed by atoms with Gasteiger partial charge in [-0.3, -0.25) is 9.59 Å². The fourth-order valence-corrected chi connectivity index (χ4v) is 6.29. The van der Waals surface area contributed by atoms with Crippen molar-refractivity contribution in [3.63, 3.8) is 0 Å². The lowest BCUT2D eigenvalue weighted by Crippen LogP contribution is -2.30. The van der Waals surface area contributed by atoms with Gasteiger partial charge in [0.05, 0.1) is 33.3 Å². The van der Waals surface area contributed by atoms with E-state index in [1.165, 1.54) is 47.4 Å². The Morgan fingerprint density at radius 3 is 2.49 bits per heavy atom. The Morgan fingerprint density at radius 2 is 1.73 bits per heavy atom. The third-order valence-electron chi connectivity index (χ3n) is 5.86. The van der Waals surface area contributed by atoms with Crippen LogP contribution in [0, 0.1) is 5.82 Å². The van der Waals surface area contributed by atoms with Crippen LogP contribution in [0.15, 0.2) is 99.2 Å². The van der Waals surface area contributed by atoms with E-state index >= 15 is 0 Å². The number of carbonyl (C=O) groups excluding carboxylic acids is 2. The SMILES string of the molecule is O=C(Nc1ccc(Br)cc1F)c1ccc2c(c1)N(Cc1cccc(Cl)c1)C(=O)c1ccccc1S2(=O)=O. The molecule has 1 aliphatic rings. The van der Waals surface area contributed by atoms with E-state index < -0.39 is 27.5 Å². The number of nitrogens with one attached hydrogen (secondary N) is 1. The van der Waals surface area contributed by atoms with Crippen molar-refractivity contribution in [3.8, 4) is 0 Å². The highest BCUT2D eigenvalue weighted by Gasteiger charge is 2.36. The molecule has 0 aliphatic carbocycles. The van der Waals surface area contributed by atoms with Crippen LogP contribution in [0.4, 0.5) is 15.8 Å². The Hall–Kier alpha value is -3.53. The summed E-state index contributed by atoms with van der Waals surface area (Å²) in [6.45, 7) is 0.00264. The van der Waals surface area contributed by atoms with Gasteiger partial charge < -0.3 is 10.2 Å². The van der Waals surface area contributed by atoms with E-state index in [2.05, 4.69) is 21.2 Å². The topological polar surface area (TPSA) is 83.6 Å². The van der Waals surface area contributed by atoms with Gasteiger partial charge in [-0.25, -0.2) is 12.8 Å². The van der Waals surface area contributed by atoms with E-state index in [-0.39, 0.29) is 38.8 Å². The normalized spacial score (nSPS) is 13.9. The minimum absolute atomic E-state index is 0.00264. The zero-order valence-corrected chi connectivity index (χ0v) is 22.1. The number of halogens is 3. The van der Waals surface area contributed by atoms with Crippen molar-refractivity contribution in [1.29, 1.82) is 0 Å². The molecule has 4 aromatic rings. The molecule has 6 nitrogen and oxygen atoms in total. The van der Waals surface area contributed by atoms with Gasteiger partial charge >= 0.3 is 0 Å². The van der Waals surface area contributed by atoms with E-state index in [4.69, 9.17) is 11.6 Å². The minimum Gasteiger partial charge on any atom is -0.319 e. The van der Waals surface area contributed by atoms with Gasteiger partial charge in [0.2, 0.25) is 9.84 Å². The molecule has 0 unspecified atom stereocenters. The molecule has 1 aliphatic heterocycles. The van der Waals surface area contributed by atoms with Gasteiger partial charge in [-0.05, 0) is 66.2 Å². The number of hydrogen-bond acceptors (Lipinski definition) is 4. The third-order valence-corrected chi connectivity index (χ3v) is 8.45. The van der Waals surface area contributed by atoms with Crippen molar-refractivity contribution >= 4 is 60.6 Å². The molecule has 0 saturated carbocycles. The van der Waals surface area contributed by atoms with Crippen LogP contribution >= 0.6 is 27.5 Å². The summed E-state index contributed by atoms with van der Waals surface area (Å²) < 4.78 is 42.0. The average molecular weight is 600 g/mol. The molecule has 4 aromatic carbocycles. The summed E-state index contributed by atoms with van der Waals surface area (Å²) in [4.78, 5) is 27.8. The van der Waals surface area contributed by atoms with E-state index in [0.29, 0.717) is 15.1 Å². The van der Waals surface area contributed by atoms with Crippen molar-refractivity contribution < 1.29 is 22.4 Å². The first kappa shape index (κ1) is 25.1. The first-order chi connectivity index (χ1) is 17.6. The van der Waals surface area contributed by atoms with Gasteiger partial charge in [-0.2, -0.15) is 0 Å². The van der Waals surface area contributed by atoms with Gasteiger partial charge in [-0.1, -0.05) is 51.8 Å². The molecule has 10 heteroatoms. The quantitative estimate of drug-likeness (QED) is 0.291. The standard InChI is InChI=1S/C27H17BrClFN2O4S/c28-18-9-10-22(21(30)14-18)31-26(33)17-8-11-25-23(13-17)32(15-16-4-3-5-19(29)12-16)27(34)20-6-1-2-7-24(20)37(25,35)36/h1-14H,15H2,(H,31,33). The van der Waals surface area contributed by atoms with Crippen LogP contribution in [0.2, 0.25) is 5.02 Å². The van der Waals surface area contributed by atoms with Crippen LogP contribution in [0.1, 0.15) is 26.3 Å². The predicted molar refractivity (Wildman–Crippen MR) is 142 cm³/mol. The summed E-state index contributed by atoms with van der Waals surface area (Å²) in [5.41, 5.74) is 0.713. The maximum absolute atomic E-state index is 14.3. The molecular weight excluding hydrogens is 583 g/mol. The second kappa shape index (κ2) is 9.74. The van der Waals surface area contributed by atoms with Crippen LogP contribution in [0.3, 0.4) is 0 Å². The zero-order valence-electron chi connectivity index (χ0n) is 18.9. The Bertz CT molecular complexity index is 1690. The summed E-state index contributed by atoms with van der Waals surface area (Å²) in [5, 5.41) is 2.95. The summed E-state index contributed by atoms with van der Waals surface area (Å²) in [7, 11) is -4.10. The fourth-order valence-electron chi connectivity index (χ4n) is 4.11. The maximum Gasteiger partial charge on any atom is 0.259 e. The maximum atomic E-state index is 14.3. The van der Waals surface area contributed by atoms with Crippen molar-refractivity contribution in [2.45, 2.75) is 16.3 Å². The average Bonchev–Trinajstić information content (AvgIpc) is 2.94. The van der Waals surface area contributed by atoms with Crippen molar-refractivity contribution in [2.24, 2.45) is 0 Å². The lowest BCUT2D eigenvalue weighted by atomic mass is 10.1. The number of sulfone groups is 1. The second-order valence-electron chi connectivity index (χ2n) is 8.28. The molecule has 0 spiro atoms. The molecule has 37 heavy (non-hydrogen) atoms. The number of benzene rings is 4. The van der Waals surface area contributed by atoms with Gasteiger partial charge in [-0.15, -0.1) is 0 Å². The summed E-state index contributed by atoms with van der Waals surface area (Å²) in [5.74, 6) is -1.86. The molecule has 0 saturated heterocycles. The summed E-state index contributed by atoms with van der Waals surface area (Å²) in [6.07, 6.45) is 0. The molecule has 1 N–H and O–H groups in total. The molecular formula is C27H17BrClFN2O4S. The second-order valence-corrected chi connectivity index (χ2v) is 11.5. The first-order valence-electron chi connectivity index (χ1n) is 11.0. The number of rotatable bonds is 4. The minimum atomic E-state index is -4.10. The van der Waals surface area contributed by atoms with E-state index in [1.54, 1.807) is 42.5 Å². The summed E-state index contributed by atoms with van der Waals surface area (Å²) in [6, 6.07) is 20.9. The lowest BCUT2D eigenvalue weighted by molar-refractivity contribution is 0.0979. The van der Waals surface area contributed by atoms with Gasteiger partial charge in [0.1, 0.15) is 5.82 Å². The Labute approximate surface area is 225 Å². The van der Waals surface area contributed by atoms with Crippen molar-refractivity contribution in [1.82, 2.24) is 0 Å². The number of anilines is 2. The molecule has 186 valence electrons. The van der Waals surface area contributed by atoms with Crippen LogP contribution in [0.25, 0.3) is 0 Å². The van der Waals surface area contributed by atoms with E-state index in [9.17, 15) is 22.4 Å². The highest BCUT2D eigenvalue weighted by molar-refractivity contribution is 9.10. The molecule has 0 fully saturated rings. The number of amides is 2. The van der Waals surface area contributed by atoms with Gasteiger partial charge in [0.25, 0.3) is 11.8 Å². The highest BCUT2D eigenvalue weighted by Crippen LogP contribution is 2.38. The predicted octanol–water partition coefficient (Wildman–Crippen LogP) is 6.49. The van der Waals surface area contributed by atoms with Gasteiger partial charge in [0, 0.05) is 15.1 Å². The first-order valence-corrected chi connectivity index (χ1v) is 13.6. The molecule has 0 atom stereocenters. The van der Waals surface area contributed by atoms with Crippen LogP contribution in [-0.2, 0) is 16.4 Å². The molecule has 1 heterocycles.